The third kappa shape index (κ3) is 3.93. The van der Waals surface area contributed by atoms with Gasteiger partial charge in [0.1, 0.15) is 17.5 Å². The zero-order valence-electron chi connectivity index (χ0n) is 20.1. The Balaban J connectivity index is 1.74. The second-order valence-electron chi connectivity index (χ2n) is 9.38. The Labute approximate surface area is 209 Å². The highest BCUT2D eigenvalue weighted by atomic mass is 32.1. The van der Waals surface area contributed by atoms with Crippen molar-refractivity contribution in [2.24, 2.45) is 13.0 Å². The normalized spacial score (nSPS) is 15.9. The number of amides is 1. The van der Waals surface area contributed by atoms with E-state index in [2.05, 4.69) is 6.07 Å². The van der Waals surface area contributed by atoms with Gasteiger partial charge >= 0.3 is 5.69 Å². The first-order valence-electron chi connectivity index (χ1n) is 11.6. The second kappa shape index (κ2) is 9.05. The molecule has 11 heteroatoms. The summed E-state index contributed by atoms with van der Waals surface area (Å²) >= 11 is 1.24. The molecule has 4 aromatic rings. The Morgan fingerprint density at radius 1 is 1.31 bits per heavy atom. The first kappa shape index (κ1) is 24.0. The van der Waals surface area contributed by atoms with E-state index in [9.17, 15) is 24.8 Å². The third-order valence-corrected chi connectivity index (χ3v) is 7.44. The average molecular weight is 508 g/mol. The molecule has 0 spiro atoms. The number of carbonyl (C=O) groups excluding carboxylic acids is 1. The number of hydroxylamine groups is 2. The van der Waals surface area contributed by atoms with Crippen LogP contribution in [0.2, 0.25) is 0 Å². The lowest BCUT2D eigenvalue weighted by atomic mass is 10.1. The molecule has 4 heterocycles. The van der Waals surface area contributed by atoms with Gasteiger partial charge < -0.3 is 9.67 Å². The zero-order chi connectivity index (χ0) is 25.7. The minimum Gasteiger partial charge on any atom is -0.389 e. The van der Waals surface area contributed by atoms with Crippen LogP contribution < -0.4 is 11.2 Å². The molecule has 1 atom stereocenters. The van der Waals surface area contributed by atoms with Crippen LogP contribution in [0, 0.1) is 17.2 Å². The summed E-state index contributed by atoms with van der Waals surface area (Å²) in [6.07, 6.45) is 1.05. The molecule has 5 rings (SSSR count). The van der Waals surface area contributed by atoms with Gasteiger partial charge in [-0.05, 0) is 30.2 Å². The molecule has 1 aromatic carbocycles. The van der Waals surface area contributed by atoms with Crippen molar-refractivity contribution in [2.75, 3.05) is 13.2 Å². The molecule has 0 bridgehead atoms. The number of nitrogens with zero attached hydrogens (tertiary/aromatic N) is 5. The summed E-state index contributed by atoms with van der Waals surface area (Å²) in [5, 5.41) is 21.3. The maximum Gasteiger partial charge on any atom is 0.331 e. The van der Waals surface area contributed by atoms with Gasteiger partial charge in [-0.3, -0.25) is 23.6 Å². The quantitative estimate of drug-likeness (QED) is 0.441. The highest BCUT2D eigenvalue weighted by Crippen LogP contribution is 2.32. The van der Waals surface area contributed by atoms with E-state index < -0.39 is 23.3 Å². The second-order valence-corrected chi connectivity index (χ2v) is 10.5. The van der Waals surface area contributed by atoms with Gasteiger partial charge in [-0.15, -0.1) is 11.3 Å². The summed E-state index contributed by atoms with van der Waals surface area (Å²) in [6.45, 7) is 4.59. The maximum atomic E-state index is 13.7. The fraction of sp³-hybridized carbons (Fsp3) is 0.360. The van der Waals surface area contributed by atoms with Gasteiger partial charge in [-0.1, -0.05) is 13.8 Å². The SMILES string of the molecule is CC(C)Cn1c(=O)n(C)c(=O)c2c(C(=O)N3C[C@H](O)CO3)c(Cn3ccc4cc(C#N)ccc43)sc21. The number of aromatic nitrogens is 3. The van der Waals surface area contributed by atoms with E-state index in [0.29, 0.717) is 21.8 Å². The van der Waals surface area contributed by atoms with Crippen molar-refractivity contribution in [1.29, 1.82) is 5.26 Å². The van der Waals surface area contributed by atoms with E-state index in [0.717, 1.165) is 20.5 Å². The molecule has 0 radical (unpaired) electrons. The molecule has 3 aromatic heterocycles. The number of β-amino-alcohol motifs (C(OH)–C–C–N with tert-alkyl or cyclic N) is 1. The maximum absolute atomic E-state index is 13.7. The lowest BCUT2D eigenvalue weighted by Crippen LogP contribution is -2.39. The van der Waals surface area contributed by atoms with Crippen molar-refractivity contribution in [3.63, 3.8) is 0 Å². The number of nitriles is 1. The number of fused-ring (bicyclic) bond motifs is 2. The molecule has 1 aliphatic rings. The summed E-state index contributed by atoms with van der Waals surface area (Å²) in [7, 11) is 1.41. The monoisotopic (exact) mass is 507 g/mol. The van der Waals surface area contributed by atoms with Crippen molar-refractivity contribution >= 4 is 38.4 Å². The van der Waals surface area contributed by atoms with Crippen LogP contribution in [-0.2, 0) is 25.0 Å². The smallest absolute Gasteiger partial charge is 0.331 e. The Morgan fingerprint density at radius 2 is 2.08 bits per heavy atom. The van der Waals surface area contributed by atoms with Crippen LogP contribution in [0.1, 0.15) is 34.6 Å². The van der Waals surface area contributed by atoms with Gasteiger partial charge in [-0.25, -0.2) is 9.86 Å². The molecule has 0 aliphatic carbocycles. The van der Waals surface area contributed by atoms with Gasteiger partial charge in [0.25, 0.3) is 11.5 Å². The molecular formula is C25H25N5O5S. The molecule has 1 saturated heterocycles. The number of hydrogen-bond acceptors (Lipinski definition) is 7. The first-order chi connectivity index (χ1) is 17.2. The van der Waals surface area contributed by atoms with Crippen molar-refractivity contribution in [3.05, 3.63) is 67.3 Å². The summed E-state index contributed by atoms with van der Waals surface area (Å²) in [4.78, 5) is 46.5. The predicted molar refractivity (Wildman–Crippen MR) is 135 cm³/mol. The average Bonchev–Trinajstić information content (AvgIpc) is 3.57. The van der Waals surface area contributed by atoms with Gasteiger partial charge in [-0.2, -0.15) is 5.26 Å². The summed E-state index contributed by atoms with van der Waals surface area (Å²) in [6, 6.07) is 9.38. The van der Waals surface area contributed by atoms with Crippen molar-refractivity contribution in [1.82, 2.24) is 18.8 Å². The summed E-state index contributed by atoms with van der Waals surface area (Å²) < 4.78 is 4.53. The molecule has 1 fully saturated rings. The topological polar surface area (TPSA) is 122 Å². The largest absolute Gasteiger partial charge is 0.389 e. The minimum atomic E-state index is -0.813. The molecular weight excluding hydrogens is 482 g/mol. The number of thiophene rings is 1. The fourth-order valence-corrected chi connectivity index (χ4v) is 5.82. The van der Waals surface area contributed by atoms with Crippen LogP contribution in [0.4, 0.5) is 0 Å². The Kier molecular flexibility index (Phi) is 6.04. The number of carbonyl (C=O) groups is 1. The van der Waals surface area contributed by atoms with Gasteiger partial charge in [0.15, 0.2) is 0 Å². The van der Waals surface area contributed by atoms with Crippen LogP contribution in [0.15, 0.2) is 40.1 Å². The van der Waals surface area contributed by atoms with Crippen LogP contribution in [-0.4, -0.2) is 49.0 Å². The third-order valence-electron chi connectivity index (χ3n) is 6.25. The van der Waals surface area contributed by atoms with E-state index in [-0.39, 0.29) is 36.6 Å². The van der Waals surface area contributed by atoms with E-state index >= 15 is 0 Å². The Hall–Kier alpha value is -3.72. The fourth-order valence-electron chi connectivity index (χ4n) is 4.54. The van der Waals surface area contributed by atoms with E-state index in [4.69, 9.17) is 4.84 Å². The molecule has 10 nitrogen and oxygen atoms in total. The highest BCUT2D eigenvalue weighted by molar-refractivity contribution is 7.19. The van der Waals surface area contributed by atoms with E-state index in [1.54, 1.807) is 16.7 Å². The lowest BCUT2D eigenvalue weighted by Gasteiger charge is -2.15. The van der Waals surface area contributed by atoms with Crippen LogP contribution >= 0.6 is 11.3 Å². The van der Waals surface area contributed by atoms with Gasteiger partial charge in [0, 0.05) is 35.6 Å². The van der Waals surface area contributed by atoms with Gasteiger partial charge in [0.2, 0.25) is 0 Å². The number of benzene rings is 1. The number of aliphatic hydroxyl groups excluding tert-OH is 1. The van der Waals surface area contributed by atoms with Crippen molar-refractivity contribution in [2.45, 2.75) is 33.0 Å². The summed E-state index contributed by atoms with van der Waals surface area (Å²) in [5.74, 6) is -0.393. The molecule has 1 aliphatic heterocycles. The number of rotatable bonds is 5. The standard InChI is InChI=1S/C25H25N5O5S/c1-14(2)10-29-24-21(22(32)27(3)25(29)34)20(23(33)30-11-17(31)13-35-30)19(36-24)12-28-7-6-16-8-15(9-26)4-5-18(16)28/h4-8,14,17,31H,10-13H2,1-3H3/t17-/m0/s1. The Morgan fingerprint density at radius 3 is 2.75 bits per heavy atom. The number of aliphatic hydroxyl groups is 1. The van der Waals surface area contributed by atoms with Crippen LogP contribution in [0.25, 0.3) is 21.1 Å². The van der Waals surface area contributed by atoms with Crippen molar-refractivity contribution < 1.29 is 14.7 Å². The zero-order valence-corrected chi connectivity index (χ0v) is 20.9. The lowest BCUT2D eigenvalue weighted by molar-refractivity contribution is -0.0778. The minimum absolute atomic E-state index is 0.00898. The van der Waals surface area contributed by atoms with E-state index in [1.807, 2.05) is 36.7 Å². The van der Waals surface area contributed by atoms with Crippen LogP contribution in [0.5, 0.6) is 0 Å². The molecule has 186 valence electrons. The van der Waals surface area contributed by atoms with Gasteiger partial charge in [0.05, 0.1) is 35.7 Å². The Bertz CT molecular complexity index is 1670. The molecule has 1 N–H and O–H groups in total. The first-order valence-corrected chi connectivity index (χ1v) is 12.4. The summed E-state index contributed by atoms with van der Waals surface area (Å²) in [5.41, 5.74) is 0.611. The molecule has 36 heavy (non-hydrogen) atoms. The highest BCUT2D eigenvalue weighted by Gasteiger charge is 2.33. The molecule has 0 saturated carbocycles. The molecule has 1 amide bonds. The van der Waals surface area contributed by atoms with Crippen LogP contribution in [0.3, 0.4) is 0 Å². The van der Waals surface area contributed by atoms with E-state index in [1.165, 1.54) is 18.4 Å². The molecule has 0 unspecified atom stereocenters. The predicted octanol–water partition coefficient (Wildman–Crippen LogP) is 2.04. The van der Waals surface area contributed by atoms with Crippen molar-refractivity contribution in [3.8, 4) is 6.07 Å². The number of hydrogen-bond donors (Lipinski definition) is 1.